The highest BCUT2D eigenvalue weighted by Gasteiger charge is 1.75. The van der Waals surface area contributed by atoms with Crippen LogP contribution in [0.25, 0.3) is 0 Å². The lowest BCUT2D eigenvalue weighted by molar-refractivity contribution is 1.39. The Balaban J connectivity index is 3.90. The van der Waals surface area contributed by atoms with Crippen LogP contribution in [-0.4, -0.2) is 12.8 Å². The minimum Gasteiger partial charge on any atom is -0.293 e. The molecule has 1 heteroatoms. The highest BCUT2D eigenvalue weighted by Crippen LogP contribution is 1.89. The zero-order valence-corrected chi connectivity index (χ0v) is 7.18. The first-order valence-electron chi connectivity index (χ1n) is 3.41. The molecule has 0 heterocycles. The minimum atomic E-state index is 1.05. The van der Waals surface area contributed by atoms with Gasteiger partial charge < -0.3 is 0 Å². The Labute approximate surface area is 63.2 Å². The summed E-state index contributed by atoms with van der Waals surface area (Å²) in [5, 5.41) is 0. The van der Waals surface area contributed by atoms with Crippen molar-refractivity contribution in [2.24, 2.45) is 4.99 Å². The quantitative estimate of drug-likeness (QED) is 0.410. The van der Waals surface area contributed by atoms with E-state index in [0.717, 1.165) is 5.71 Å². The van der Waals surface area contributed by atoms with Crippen LogP contribution < -0.4 is 0 Å². The fourth-order valence-corrected chi connectivity index (χ4v) is 0.454. The molecule has 0 unspecified atom stereocenters. The summed E-state index contributed by atoms with van der Waals surface area (Å²) in [5.74, 6) is 0. The number of rotatable bonds is 2. The van der Waals surface area contributed by atoms with E-state index in [1.165, 1.54) is 5.57 Å². The summed E-state index contributed by atoms with van der Waals surface area (Å²) in [6, 6.07) is 0. The molecule has 0 aliphatic rings. The number of hydrogen-bond donors (Lipinski definition) is 0. The average Bonchev–Trinajstić information content (AvgIpc) is 1.87. The Bertz CT molecular complexity index is 169. The summed E-state index contributed by atoms with van der Waals surface area (Å²) in [4.78, 5) is 3.99. The fraction of sp³-hybridized carbons (Fsp3) is 0.444. The van der Waals surface area contributed by atoms with Gasteiger partial charge in [0.1, 0.15) is 0 Å². The van der Waals surface area contributed by atoms with Crippen molar-refractivity contribution in [3.63, 3.8) is 0 Å². The van der Waals surface area contributed by atoms with Crippen LogP contribution in [-0.2, 0) is 0 Å². The number of hydrogen-bond acceptors (Lipinski definition) is 1. The summed E-state index contributed by atoms with van der Waals surface area (Å²) in [6.07, 6.45) is 6.07. The first-order chi connectivity index (χ1) is 4.66. The molecule has 0 aliphatic heterocycles. The molecule has 0 N–H and O–H groups in total. The van der Waals surface area contributed by atoms with Crippen molar-refractivity contribution in [2.45, 2.75) is 20.8 Å². The van der Waals surface area contributed by atoms with E-state index in [4.69, 9.17) is 0 Å². The van der Waals surface area contributed by atoms with Crippen molar-refractivity contribution in [1.82, 2.24) is 0 Å². The second kappa shape index (κ2) is 4.98. The molecule has 56 valence electrons. The molecule has 1 nitrogen and oxygen atoms in total. The van der Waals surface area contributed by atoms with Crippen LogP contribution >= 0.6 is 0 Å². The van der Waals surface area contributed by atoms with Crippen LogP contribution in [0.1, 0.15) is 20.8 Å². The van der Waals surface area contributed by atoms with E-state index >= 15 is 0 Å². The fourth-order valence-electron chi connectivity index (χ4n) is 0.454. The Hall–Kier alpha value is -0.850. The molecular formula is C9H15N. The zero-order valence-electron chi connectivity index (χ0n) is 7.18. The average molecular weight is 137 g/mol. The Morgan fingerprint density at radius 3 is 2.20 bits per heavy atom. The van der Waals surface area contributed by atoms with Crippen molar-refractivity contribution < 1.29 is 0 Å². The van der Waals surface area contributed by atoms with E-state index in [2.05, 4.69) is 24.9 Å². The molecule has 0 aromatic carbocycles. The van der Waals surface area contributed by atoms with Gasteiger partial charge in [0.15, 0.2) is 0 Å². The molecule has 0 fully saturated rings. The highest BCUT2D eigenvalue weighted by molar-refractivity contribution is 5.92. The monoisotopic (exact) mass is 137 g/mol. The van der Waals surface area contributed by atoms with E-state index < -0.39 is 0 Å². The SMILES string of the molecule is CN=C(C)/C=C\C=C(C)C. The van der Waals surface area contributed by atoms with Crippen LogP contribution in [0.2, 0.25) is 0 Å². The maximum Gasteiger partial charge on any atom is 0.0313 e. The van der Waals surface area contributed by atoms with E-state index in [1.807, 2.05) is 19.1 Å². The standard InChI is InChI=1S/C9H15N/c1-8(2)6-5-7-9(3)10-4/h5-7H,1-4H3/b7-5-,10-9?. The van der Waals surface area contributed by atoms with Gasteiger partial charge in [-0.1, -0.05) is 17.7 Å². The third-order valence-corrected chi connectivity index (χ3v) is 1.12. The maximum atomic E-state index is 3.99. The molecule has 0 saturated heterocycles. The maximum absolute atomic E-state index is 3.99. The van der Waals surface area contributed by atoms with Crippen LogP contribution in [0.5, 0.6) is 0 Å². The topological polar surface area (TPSA) is 12.4 Å². The zero-order chi connectivity index (χ0) is 7.98. The third-order valence-electron chi connectivity index (χ3n) is 1.12. The van der Waals surface area contributed by atoms with Gasteiger partial charge in [0.05, 0.1) is 0 Å². The minimum absolute atomic E-state index is 1.05. The summed E-state index contributed by atoms with van der Waals surface area (Å²) in [6.45, 7) is 6.13. The van der Waals surface area contributed by atoms with Gasteiger partial charge >= 0.3 is 0 Å². The highest BCUT2D eigenvalue weighted by atomic mass is 14.7. The van der Waals surface area contributed by atoms with E-state index in [0.29, 0.717) is 0 Å². The first-order valence-corrected chi connectivity index (χ1v) is 3.41. The summed E-state index contributed by atoms with van der Waals surface area (Å²) in [5.41, 5.74) is 2.36. The second-order valence-electron chi connectivity index (χ2n) is 2.47. The number of allylic oxidation sites excluding steroid dienone is 4. The largest absolute Gasteiger partial charge is 0.293 e. The van der Waals surface area contributed by atoms with Crippen LogP contribution in [0, 0.1) is 0 Å². The van der Waals surface area contributed by atoms with Gasteiger partial charge in [0, 0.05) is 12.8 Å². The van der Waals surface area contributed by atoms with Gasteiger partial charge in [-0.15, -0.1) is 0 Å². The van der Waals surface area contributed by atoms with Gasteiger partial charge in [0.2, 0.25) is 0 Å². The lowest BCUT2D eigenvalue weighted by Crippen LogP contribution is -1.80. The van der Waals surface area contributed by atoms with Gasteiger partial charge in [-0.2, -0.15) is 0 Å². The molecule has 0 aromatic heterocycles. The Morgan fingerprint density at radius 2 is 1.80 bits per heavy atom. The molecule has 0 aliphatic carbocycles. The van der Waals surface area contributed by atoms with E-state index in [9.17, 15) is 0 Å². The molecule has 0 spiro atoms. The molecule has 0 rings (SSSR count). The summed E-state index contributed by atoms with van der Waals surface area (Å²) >= 11 is 0. The van der Waals surface area contributed by atoms with Gasteiger partial charge in [-0.05, 0) is 26.8 Å². The summed E-state index contributed by atoms with van der Waals surface area (Å²) in [7, 11) is 1.79. The predicted molar refractivity (Wildman–Crippen MR) is 47.6 cm³/mol. The van der Waals surface area contributed by atoms with E-state index in [-0.39, 0.29) is 0 Å². The van der Waals surface area contributed by atoms with Crippen LogP contribution in [0.15, 0.2) is 28.8 Å². The van der Waals surface area contributed by atoms with Crippen molar-refractivity contribution in [3.05, 3.63) is 23.8 Å². The summed E-state index contributed by atoms with van der Waals surface area (Å²) < 4.78 is 0. The number of aliphatic imine (C=N–C) groups is 1. The van der Waals surface area contributed by atoms with Crippen molar-refractivity contribution in [2.75, 3.05) is 7.05 Å². The normalized spacial score (nSPS) is 12.2. The smallest absolute Gasteiger partial charge is 0.0313 e. The predicted octanol–water partition coefficient (Wildman–Crippen LogP) is 2.60. The van der Waals surface area contributed by atoms with Crippen LogP contribution in [0.4, 0.5) is 0 Å². The van der Waals surface area contributed by atoms with Crippen molar-refractivity contribution in [3.8, 4) is 0 Å². The number of nitrogens with zero attached hydrogens (tertiary/aromatic N) is 1. The Morgan fingerprint density at radius 1 is 1.20 bits per heavy atom. The molecule has 0 amide bonds. The van der Waals surface area contributed by atoms with Crippen molar-refractivity contribution in [1.29, 1.82) is 0 Å². The lowest BCUT2D eigenvalue weighted by atomic mass is 10.3. The van der Waals surface area contributed by atoms with Crippen molar-refractivity contribution >= 4 is 5.71 Å². The first kappa shape index (κ1) is 9.15. The lowest BCUT2D eigenvalue weighted by Gasteiger charge is -1.85. The van der Waals surface area contributed by atoms with E-state index in [1.54, 1.807) is 7.05 Å². The molecule has 10 heavy (non-hydrogen) atoms. The second-order valence-corrected chi connectivity index (χ2v) is 2.47. The Kier molecular flexibility index (Phi) is 4.55. The van der Waals surface area contributed by atoms with Gasteiger partial charge in [-0.3, -0.25) is 4.99 Å². The van der Waals surface area contributed by atoms with Gasteiger partial charge in [0.25, 0.3) is 0 Å². The molecule has 0 radical (unpaired) electrons. The molecular weight excluding hydrogens is 122 g/mol. The molecule has 0 bridgehead atoms. The van der Waals surface area contributed by atoms with Crippen LogP contribution in [0.3, 0.4) is 0 Å². The van der Waals surface area contributed by atoms with Gasteiger partial charge in [-0.25, -0.2) is 0 Å². The third kappa shape index (κ3) is 5.29. The molecule has 0 atom stereocenters. The molecule has 0 aromatic rings. The molecule has 0 saturated carbocycles.